The van der Waals surface area contributed by atoms with Crippen molar-refractivity contribution in [3.63, 3.8) is 0 Å². The molecule has 1 N–H and O–H groups in total. The monoisotopic (exact) mass is 306 g/mol. The normalized spacial score (nSPS) is 16.8. The minimum atomic E-state index is -0.300. The molecular formula is C18H27FN2O. The largest absolute Gasteiger partial charge is 0.493 e. The maximum Gasteiger partial charge on any atom is 0.136 e. The van der Waals surface area contributed by atoms with Gasteiger partial charge in [-0.1, -0.05) is 12.7 Å². The van der Waals surface area contributed by atoms with Crippen molar-refractivity contribution < 1.29 is 9.13 Å². The molecule has 122 valence electrons. The number of likely N-dealkylation sites (tertiary alicyclic amines) is 1. The molecule has 0 unspecified atom stereocenters. The maximum atomic E-state index is 14.0. The predicted octanol–water partition coefficient (Wildman–Crippen LogP) is 4.01. The van der Waals surface area contributed by atoms with E-state index in [1.54, 1.807) is 7.05 Å². The van der Waals surface area contributed by atoms with Gasteiger partial charge in [-0.3, -0.25) is 0 Å². The van der Waals surface area contributed by atoms with E-state index in [1.807, 2.05) is 6.07 Å². The van der Waals surface area contributed by atoms with Crippen LogP contribution in [0.15, 0.2) is 18.7 Å². The summed E-state index contributed by atoms with van der Waals surface area (Å²) in [6.45, 7) is 11.0. The van der Waals surface area contributed by atoms with Gasteiger partial charge in [0.05, 0.1) is 6.61 Å². The molecule has 3 nitrogen and oxygen atoms in total. The molecule has 0 saturated carbocycles. The number of anilines is 1. The highest BCUT2D eigenvalue weighted by atomic mass is 19.1. The van der Waals surface area contributed by atoms with Crippen molar-refractivity contribution in [1.29, 1.82) is 0 Å². The van der Waals surface area contributed by atoms with E-state index in [-0.39, 0.29) is 5.82 Å². The Morgan fingerprint density at radius 1 is 1.41 bits per heavy atom. The molecular weight excluding hydrogens is 279 g/mol. The zero-order chi connectivity index (χ0) is 16.1. The van der Waals surface area contributed by atoms with Gasteiger partial charge in [0.1, 0.15) is 11.6 Å². The van der Waals surface area contributed by atoms with Gasteiger partial charge < -0.3 is 15.0 Å². The van der Waals surface area contributed by atoms with Gasteiger partial charge in [0, 0.05) is 36.5 Å². The van der Waals surface area contributed by atoms with Crippen LogP contribution in [0, 0.1) is 11.7 Å². The lowest BCUT2D eigenvalue weighted by atomic mass is 9.97. The number of hydrogen-bond acceptors (Lipinski definition) is 3. The van der Waals surface area contributed by atoms with E-state index in [4.69, 9.17) is 4.74 Å². The number of nitrogens with one attached hydrogen (secondary N) is 1. The molecule has 1 aliphatic rings. The van der Waals surface area contributed by atoms with Gasteiger partial charge >= 0.3 is 0 Å². The van der Waals surface area contributed by atoms with Crippen molar-refractivity contribution >= 4 is 11.8 Å². The lowest BCUT2D eigenvalue weighted by Gasteiger charge is -2.34. The summed E-state index contributed by atoms with van der Waals surface area (Å²) in [6, 6.07) is 3.89. The fraction of sp³-hybridized carbons (Fsp3) is 0.556. The lowest BCUT2D eigenvalue weighted by molar-refractivity contribution is 0.119. The Labute approximate surface area is 133 Å². The average molecular weight is 306 g/mol. The summed E-state index contributed by atoms with van der Waals surface area (Å²) in [5.74, 6) is 0.834. The summed E-state index contributed by atoms with van der Waals surface area (Å²) >= 11 is 0. The fourth-order valence-electron chi connectivity index (χ4n) is 2.94. The molecule has 4 heteroatoms. The van der Waals surface area contributed by atoms with Gasteiger partial charge in [0.2, 0.25) is 0 Å². The fourth-order valence-corrected chi connectivity index (χ4v) is 2.94. The zero-order valence-corrected chi connectivity index (χ0v) is 13.9. The topological polar surface area (TPSA) is 24.5 Å². The highest BCUT2D eigenvalue weighted by Gasteiger charge is 2.21. The highest BCUT2D eigenvalue weighted by molar-refractivity contribution is 5.68. The zero-order valence-electron chi connectivity index (χ0n) is 13.9. The molecule has 1 aromatic rings. The van der Waals surface area contributed by atoms with Crippen LogP contribution in [-0.2, 0) is 0 Å². The summed E-state index contributed by atoms with van der Waals surface area (Å²) in [5, 5.41) is 2.99. The van der Waals surface area contributed by atoms with Crippen LogP contribution in [0.25, 0.3) is 6.08 Å². The lowest BCUT2D eigenvalue weighted by Crippen LogP contribution is -2.39. The van der Waals surface area contributed by atoms with E-state index in [0.29, 0.717) is 35.6 Å². The summed E-state index contributed by atoms with van der Waals surface area (Å²) in [5.41, 5.74) is 1.19. The number of nitrogens with zero attached hydrogens (tertiary/aromatic N) is 1. The molecule has 0 radical (unpaired) electrons. The van der Waals surface area contributed by atoms with Crippen molar-refractivity contribution in [3.05, 3.63) is 30.1 Å². The van der Waals surface area contributed by atoms with Crippen molar-refractivity contribution in [2.24, 2.45) is 5.92 Å². The first-order valence-electron chi connectivity index (χ1n) is 8.05. The molecule has 0 amide bonds. The molecule has 0 aliphatic carbocycles. The van der Waals surface area contributed by atoms with Crippen LogP contribution in [0.4, 0.5) is 10.1 Å². The second kappa shape index (κ2) is 7.63. The van der Waals surface area contributed by atoms with Crippen LogP contribution in [0.1, 0.15) is 32.3 Å². The number of benzene rings is 1. The Hall–Kier alpha value is -1.55. The van der Waals surface area contributed by atoms with E-state index in [2.05, 4.69) is 30.6 Å². The summed E-state index contributed by atoms with van der Waals surface area (Å²) < 4.78 is 19.8. The van der Waals surface area contributed by atoms with Gasteiger partial charge in [0.25, 0.3) is 0 Å². The van der Waals surface area contributed by atoms with Crippen LogP contribution in [0.2, 0.25) is 0 Å². The summed E-state index contributed by atoms with van der Waals surface area (Å²) in [6.07, 6.45) is 3.81. The molecule has 0 spiro atoms. The first-order valence-corrected chi connectivity index (χ1v) is 8.05. The summed E-state index contributed by atoms with van der Waals surface area (Å²) in [4.78, 5) is 2.49. The molecule has 0 atom stereocenters. The third kappa shape index (κ3) is 4.01. The molecule has 1 fully saturated rings. The summed E-state index contributed by atoms with van der Waals surface area (Å²) in [7, 11) is 1.77. The predicted molar refractivity (Wildman–Crippen MR) is 91.0 cm³/mol. The maximum absolute atomic E-state index is 14.0. The van der Waals surface area contributed by atoms with Crippen LogP contribution < -0.4 is 10.1 Å². The smallest absolute Gasteiger partial charge is 0.136 e. The number of halogens is 1. The van der Waals surface area contributed by atoms with Gasteiger partial charge in [-0.25, -0.2) is 4.39 Å². The molecule has 1 heterocycles. The number of hydrogen-bond donors (Lipinski definition) is 1. The van der Waals surface area contributed by atoms with Crippen LogP contribution >= 0.6 is 0 Å². The SMILES string of the molecule is C=Cc1c(F)cc(OCC2CCN(C(C)C)CC2)cc1NC. The Balaban J connectivity index is 1.92. The molecule has 1 aromatic carbocycles. The van der Waals surface area contributed by atoms with E-state index >= 15 is 0 Å². The van der Waals surface area contributed by atoms with Crippen molar-refractivity contribution in [2.75, 3.05) is 32.1 Å². The van der Waals surface area contributed by atoms with Crippen LogP contribution in [-0.4, -0.2) is 37.7 Å². The minimum absolute atomic E-state index is 0.300. The third-order valence-corrected chi connectivity index (χ3v) is 4.44. The van der Waals surface area contributed by atoms with Crippen LogP contribution in [0.3, 0.4) is 0 Å². The Bertz CT molecular complexity index is 508. The van der Waals surface area contributed by atoms with Crippen molar-refractivity contribution in [2.45, 2.75) is 32.7 Å². The Kier molecular flexibility index (Phi) is 5.83. The standard InChI is InChI=1S/C18H27FN2O/c1-5-16-17(19)10-15(11-18(16)20-4)22-12-14-6-8-21(9-7-14)13(2)3/h5,10-11,13-14,20H,1,6-9,12H2,2-4H3. The number of ether oxygens (including phenoxy) is 1. The third-order valence-electron chi connectivity index (χ3n) is 4.44. The second-order valence-electron chi connectivity index (χ2n) is 6.20. The van der Waals surface area contributed by atoms with Gasteiger partial charge in [-0.2, -0.15) is 0 Å². The van der Waals surface area contributed by atoms with E-state index < -0.39 is 0 Å². The van der Waals surface area contributed by atoms with Gasteiger partial charge in [-0.05, 0) is 45.7 Å². The van der Waals surface area contributed by atoms with Crippen LogP contribution in [0.5, 0.6) is 5.75 Å². The Morgan fingerprint density at radius 2 is 2.09 bits per heavy atom. The van der Waals surface area contributed by atoms with E-state index in [0.717, 1.165) is 25.9 Å². The number of rotatable bonds is 6. The van der Waals surface area contributed by atoms with Crippen molar-refractivity contribution in [1.82, 2.24) is 4.90 Å². The van der Waals surface area contributed by atoms with Gasteiger partial charge in [-0.15, -0.1) is 0 Å². The Morgan fingerprint density at radius 3 is 2.64 bits per heavy atom. The molecule has 22 heavy (non-hydrogen) atoms. The van der Waals surface area contributed by atoms with Gasteiger partial charge in [0.15, 0.2) is 0 Å². The first kappa shape index (κ1) is 16.8. The number of piperidine rings is 1. The quantitative estimate of drug-likeness (QED) is 0.859. The average Bonchev–Trinajstić information content (AvgIpc) is 2.52. The molecule has 2 rings (SSSR count). The second-order valence-corrected chi connectivity index (χ2v) is 6.20. The van der Waals surface area contributed by atoms with E-state index in [1.165, 1.54) is 12.1 Å². The highest BCUT2D eigenvalue weighted by Crippen LogP contribution is 2.28. The molecule has 1 saturated heterocycles. The molecule has 0 bridgehead atoms. The van der Waals surface area contributed by atoms with Crippen molar-refractivity contribution in [3.8, 4) is 5.75 Å². The molecule has 1 aliphatic heterocycles. The first-order chi connectivity index (χ1) is 10.5. The molecule has 0 aromatic heterocycles. The van der Waals surface area contributed by atoms with E-state index in [9.17, 15) is 4.39 Å². The minimum Gasteiger partial charge on any atom is -0.493 e.